The Morgan fingerprint density at radius 1 is 1.21 bits per heavy atom. The number of ether oxygens (including phenoxy) is 1. The predicted molar refractivity (Wildman–Crippen MR) is 125 cm³/mol. The molecule has 1 N–H and O–H groups in total. The van der Waals surface area contributed by atoms with Crippen molar-refractivity contribution >= 4 is 44.8 Å². The highest BCUT2D eigenvalue weighted by Crippen LogP contribution is 2.28. The van der Waals surface area contributed by atoms with E-state index >= 15 is 0 Å². The van der Waals surface area contributed by atoms with Crippen molar-refractivity contribution in [3.05, 3.63) is 63.2 Å². The van der Waals surface area contributed by atoms with Crippen LogP contribution in [-0.2, 0) is 19.6 Å². The van der Waals surface area contributed by atoms with E-state index in [-0.39, 0.29) is 65.1 Å². The molecular formula is C22H24ClN3O7S. The second-order valence-electron chi connectivity index (χ2n) is 7.66. The van der Waals surface area contributed by atoms with E-state index in [0.717, 1.165) is 0 Å². The summed E-state index contributed by atoms with van der Waals surface area (Å²) in [6.45, 7) is 2.22. The van der Waals surface area contributed by atoms with Gasteiger partial charge in [0.15, 0.2) is 5.78 Å². The van der Waals surface area contributed by atoms with Gasteiger partial charge in [0.25, 0.3) is 5.69 Å². The monoisotopic (exact) mass is 509 g/mol. The number of nitrogens with zero attached hydrogens (tertiary/aromatic N) is 2. The first-order chi connectivity index (χ1) is 16.1. The predicted octanol–water partition coefficient (Wildman–Crippen LogP) is 3.51. The number of hydrogen-bond acceptors (Lipinski definition) is 8. The lowest BCUT2D eigenvalue weighted by atomic mass is 9.98. The van der Waals surface area contributed by atoms with Gasteiger partial charge in [0.2, 0.25) is 10.0 Å². The maximum absolute atomic E-state index is 13.1. The number of Topliss-reactive ketones (excluding diaryl/α,β-unsaturated/α-hetero) is 1. The molecule has 34 heavy (non-hydrogen) atoms. The molecule has 0 amide bonds. The van der Waals surface area contributed by atoms with Gasteiger partial charge in [-0.2, -0.15) is 4.31 Å². The molecule has 1 heterocycles. The first-order valence-electron chi connectivity index (χ1n) is 10.6. The van der Waals surface area contributed by atoms with Crippen molar-refractivity contribution < 1.29 is 27.7 Å². The number of anilines is 1. The SMILES string of the molecule is CCOC(=O)C1CCN(S(=O)(=O)c2cccc(C(=O)CNc3ccc([N+](=O)[O-])c(Cl)c3)c2)CC1. The highest BCUT2D eigenvalue weighted by Gasteiger charge is 2.33. The number of benzene rings is 2. The number of carbonyl (C=O) groups is 2. The molecular weight excluding hydrogens is 486 g/mol. The van der Waals surface area contributed by atoms with Crippen molar-refractivity contribution in [2.45, 2.75) is 24.7 Å². The maximum Gasteiger partial charge on any atom is 0.309 e. The van der Waals surface area contributed by atoms with Crippen molar-refractivity contribution in [1.82, 2.24) is 4.31 Å². The summed E-state index contributed by atoms with van der Waals surface area (Å²) in [5.41, 5.74) is 0.364. The van der Waals surface area contributed by atoms with Crippen molar-refractivity contribution in [2.75, 3.05) is 31.6 Å². The zero-order chi connectivity index (χ0) is 24.9. The minimum atomic E-state index is -3.84. The van der Waals surface area contributed by atoms with Crippen LogP contribution in [0.5, 0.6) is 0 Å². The molecule has 0 atom stereocenters. The summed E-state index contributed by atoms with van der Waals surface area (Å²) in [7, 11) is -3.84. The molecule has 0 saturated carbocycles. The molecule has 0 aliphatic carbocycles. The Kier molecular flexibility index (Phi) is 8.24. The summed E-state index contributed by atoms with van der Waals surface area (Å²) in [6, 6.07) is 9.75. The van der Waals surface area contributed by atoms with Gasteiger partial charge in [-0.1, -0.05) is 23.7 Å². The Balaban J connectivity index is 1.66. The number of esters is 1. The van der Waals surface area contributed by atoms with E-state index in [4.69, 9.17) is 16.3 Å². The van der Waals surface area contributed by atoms with E-state index in [1.54, 1.807) is 6.92 Å². The fourth-order valence-corrected chi connectivity index (χ4v) is 5.39. The van der Waals surface area contributed by atoms with E-state index < -0.39 is 14.9 Å². The third-order valence-corrected chi connectivity index (χ3v) is 7.66. The van der Waals surface area contributed by atoms with Crippen LogP contribution in [0.3, 0.4) is 0 Å². The molecule has 0 radical (unpaired) electrons. The molecule has 1 aliphatic heterocycles. The van der Waals surface area contributed by atoms with Crippen LogP contribution in [0, 0.1) is 16.0 Å². The number of halogens is 1. The smallest absolute Gasteiger partial charge is 0.309 e. The first-order valence-corrected chi connectivity index (χ1v) is 12.4. The van der Waals surface area contributed by atoms with Crippen molar-refractivity contribution in [3.63, 3.8) is 0 Å². The molecule has 2 aromatic rings. The molecule has 1 saturated heterocycles. The average molecular weight is 510 g/mol. The highest BCUT2D eigenvalue weighted by atomic mass is 35.5. The highest BCUT2D eigenvalue weighted by molar-refractivity contribution is 7.89. The molecule has 0 aromatic heterocycles. The van der Waals surface area contributed by atoms with Gasteiger partial charge in [-0.3, -0.25) is 19.7 Å². The topological polar surface area (TPSA) is 136 Å². The average Bonchev–Trinajstić information content (AvgIpc) is 2.82. The molecule has 2 aromatic carbocycles. The van der Waals surface area contributed by atoms with Crippen LogP contribution < -0.4 is 5.32 Å². The molecule has 12 heteroatoms. The zero-order valence-electron chi connectivity index (χ0n) is 18.4. The second kappa shape index (κ2) is 10.9. The Labute approximate surface area is 202 Å². The maximum atomic E-state index is 13.1. The van der Waals surface area contributed by atoms with Crippen molar-refractivity contribution in [1.29, 1.82) is 0 Å². The molecule has 0 spiro atoms. The number of ketones is 1. The number of nitrogens with one attached hydrogen (secondary N) is 1. The lowest BCUT2D eigenvalue weighted by Gasteiger charge is -2.30. The number of piperidine rings is 1. The molecule has 0 bridgehead atoms. The Morgan fingerprint density at radius 3 is 2.53 bits per heavy atom. The van der Waals surface area contributed by atoms with Gasteiger partial charge < -0.3 is 10.1 Å². The molecule has 3 rings (SSSR count). The summed E-state index contributed by atoms with van der Waals surface area (Å²) in [4.78, 5) is 34.8. The van der Waals surface area contributed by atoms with Crippen molar-refractivity contribution in [2.24, 2.45) is 5.92 Å². The van der Waals surface area contributed by atoms with Gasteiger partial charge in [0, 0.05) is 30.4 Å². The van der Waals surface area contributed by atoms with E-state index in [0.29, 0.717) is 18.5 Å². The zero-order valence-corrected chi connectivity index (χ0v) is 20.0. The summed E-state index contributed by atoms with van der Waals surface area (Å²) in [5, 5.41) is 13.6. The van der Waals surface area contributed by atoms with Gasteiger partial charge in [-0.25, -0.2) is 8.42 Å². The van der Waals surface area contributed by atoms with Crippen LogP contribution in [-0.4, -0.2) is 55.6 Å². The molecule has 182 valence electrons. The van der Waals surface area contributed by atoms with Crippen LogP contribution in [0.1, 0.15) is 30.1 Å². The quantitative estimate of drug-likeness (QED) is 0.235. The number of sulfonamides is 1. The largest absolute Gasteiger partial charge is 0.466 e. The standard InChI is InChI=1S/C22H24ClN3O7S/c1-2-33-22(28)15-8-10-25(11-9-15)34(31,32)18-5-3-4-16(12-18)21(27)14-24-17-6-7-20(26(29)30)19(23)13-17/h3-7,12-13,15,24H,2,8-11,14H2,1H3. The minimum absolute atomic E-state index is 0.00804. The van der Waals surface area contributed by atoms with Gasteiger partial charge in [-0.05, 0) is 44.0 Å². The number of nitro benzene ring substituents is 1. The number of nitro groups is 1. The lowest BCUT2D eigenvalue weighted by molar-refractivity contribution is -0.384. The van der Waals surface area contributed by atoms with Gasteiger partial charge in [0.05, 0.1) is 28.9 Å². The molecule has 1 fully saturated rings. The van der Waals surface area contributed by atoms with E-state index in [1.165, 1.54) is 46.8 Å². The van der Waals surface area contributed by atoms with Crippen molar-refractivity contribution in [3.8, 4) is 0 Å². The summed E-state index contributed by atoms with van der Waals surface area (Å²) < 4.78 is 32.5. The van der Waals surface area contributed by atoms with Gasteiger partial charge in [-0.15, -0.1) is 0 Å². The lowest BCUT2D eigenvalue weighted by Crippen LogP contribution is -2.40. The van der Waals surface area contributed by atoms with Crippen LogP contribution in [0.4, 0.5) is 11.4 Å². The van der Waals surface area contributed by atoms with Gasteiger partial charge >= 0.3 is 5.97 Å². The summed E-state index contributed by atoms with van der Waals surface area (Å²) in [5.74, 6) is -1.00. The Hall–Kier alpha value is -3.02. The molecule has 1 aliphatic rings. The van der Waals surface area contributed by atoms with Crippen LogP contribution >= 0.6 is 11.6 Å². The number of carbonyl (C=O) groups excluding carboxylic acids is 2. The first kappa shape index (κ1) is 25.6. The summed E-state index contributed by atoms with van der Waals surface area (Å²) in [6.07, 6.45) is 0.747. The number of hydrogen-bond donors (Lipinski definition) is 1. The Bertz CT molecular complexity index is 1190. The normalized spacial score (nSPS) is 15.0. The molecule has 0 unspecified atom stereocenters. The fraction of sp³-hybridized carbons (Fsp3) is 0.364. The third kappa shape index (κ3) is 5.91. The third-order valence-electron chi connectivity index (χ3n) is 5.47. The molecule has 10 nitrogen and oxygen atoms in total. The van der Waals surface area contributed by atoms with Gasteiger partial charge in [0.1, 0.15) is 5.02 Å². The minimum Gasteiger partial charge on any atom is -0.466 e. The second-order valence-corrected chi connectivity index (χ2v) is 10.0. The van der Waals surface area contributed by atoms with E-state index in [9.17, 15) is 28.1 Å². The van der Waals surface area contributed by atoms with E-state index in [2.05, 4.69) is 5.32 Å². The van der Waals surface area contributed by atoms with Crippen LogP contribution in [0.2, 0.25) is 5.02 Å². The van der Waals surface area contributed by atoms with Crippen LogP contribution in [0.25, 0.3) is 0 Å². The summed E-state index contributed by atoms with van der Waals surface area (Å²) >= 11 is 5.88. The van der Waals surface area contributed by atoms with E-state index in [1.807, 2.05) is 0 Å². The fourth-order valence-electron chi connectivity index (χ4n) is 3.62. The number of rotatable bonds is 9. The van der Waals surface area contributed by atoms with Crippen LogP contribution in [0.15, 0.2) is 47.4 Å². The Morgan fingerprint density at radius 2 is 1.91 bits per heavy atom.